The minimum atomic E-state index is -0.543. The van der Waals surface area contributed by atoms with Gasteiger partial charge < -0.3 is 20.1 Å². The molecule has 10 heteroatoms. The molecule has 39 heavy (non-hydrogen) atoms. The highest BCUT2D eigenvalue weighted by molar-refractivity contribution is 6.31. The molecule has 2 aliphatic heterocycles. The number of nitrogens with zero attached hydrogens (tertiary/aromatic N) is 3. The van der Waals surface area contributed by atoms with E-state index in [9.17, 15) is 14.4 Å². The van der Waals surface area contributed by atoms with Gasteiger partial charge in [-0.3, -0.25) is 14.7 Å². The highest BCUT2D eigenvalue weighted by Gasteiger charge is 2.21. The normalized spacial score (nSPS) is 17.8. The third-order valence-corrected chi connectivity index (χ3v) is 7.09. The number of likely N-dealkylation sites (tertiary alicyclic amines) is 1. The summed E-state index contributed by atoms with van der Waals surface area (Å²) >= 11 is 5.97. The number of aromatic nitrogens is 1. The van der Waals surface area contributed by atoms with Gasteiger partial charge in [-0.1, -0.05) is 24.1 Å². The maximum atomic E-state index is 13.7. The molecule has 3 heterocycles. The number of amides is 1. The van der Waals surface area contributed by atoms with Gasteiger partial charge in [-0.2, -0.15) is 5.26 Å². The lowest BCUT2D eigenvalue weighted by Crippen LogP contribution is -2.29. The van der Waals surface area contributed by atoms with Crippen LogP contribution in [-0.4, -0.2) is 54.7 Å². The van der Waals surface area contributed by atoms with Crippen molar-refractivity contribution >= 4 is 45.5 Å². The number of piperidine rings is 1. The van der Waals surface area contributed by atoms with Crippen LogP contribution in [0.15, 0.2) is 48.7 Å². The summed E-state index contributed by atoms with van der Waals surface area (Å²) in [6, 6.07) is 9.84. The predicted octanol–water partition coefficient (Wildman–Crippen LogP) is 5.79. The second kappa shape index (κ2) is 12.4. The fourth-order valence-corrected chi connectivity index (χ4v) is 4.94. The fourth-order valence-electron chi connectivity index (χ4n) is 4.76. The SMILES string of the molecule is N#Cc1cnc2cc(O[C@H]3CCOC3)c(NC(=O)C=CCN3CCCCC3)cc2c1Nc1ccc(F)c(Cl)c1. The zero-order valence-electron chi connectivity index (χ0n) is 21.4. The Hall–Kier alpha value is -3.71. The topological polar surface area (TPSA) is 99.5 Å². The summed E-state index contributed by atoms with van der Waals surface area (Å²) in [5.74, 6) is -0.370. The summed E-state index contributed by atoms with van der Waals surface area (Å²) in [6.07, 6.45) is 9.07. The van der Waals surface area contributed by atoms with Crippen molar-refractivity contribution in [1.29, 1.82) is 5.26 Å². The molecule has 3 aromatic rings. The van der Waals surface area contributed by atoms with Gasteiger partial charge in [-0.15, -0.1) is 0 Å². The molecule has 1 aromatic heterocycles. The zero-order chi connectivity index (χ0) is 27.2. The smallest absolute Gasteiger partial charge is 0.248 e. The minimum absolute atomic E-state index is 0.0457. The number of fused-ring (bicyclic) bond motifs is 1. The molecular formula is C29H29ClFN5O3. The summed E-state index contributed by atoms with van der Waals surface area (Å²) < 4.78 is 25.4. The van der Waals surface area contributed by atoms with Crippen LogP contribution in [0, 0.1) is 17.1 Å². The number of rotatable bonds is 8. The monoisotopic (exact) mass is 549 g/mol. The van der Waals surface area contributed by atoms with E-state index >= 15 is 0 Å². The van der Waals surface area contributed by atoms with Gasteiger partial charge in [0.15, 0.2) is 0 Å². The first-order chi connectivity index (χ1) is 19.0. The minimum Gasteiger partial charge on any atom is -0.486 e. The van der Waals surface area contributed by atoms with Gasteiger partial charge >= 0.3 is 0 Å². The van der Waals surface area contributed by atoms with Crippen molar-refractivity contribution in [3.8, 4) is 11.8 Å². The number of ether oxygens (including phenoxy) is 2. The first kappa shape index (κ1) is 26.9. The van der Waals surface area contributed by atoms with Gasteiger partial charge in [0.1, 0.15) is 23.7 Å². The van der Waals surface area contributed by atoms with Crippen LogP contribution >= 0.6 is 11.6 Å². The summed E-state index contributed by atoms with van der Waals surface area (Å²) in [4.78, 5) is 19.7. The summed E-state index contributed by atoms with van der Waals surface area (Å²) in [5, 5.41) is 16.4. The summed E-state index contributed by atoms with van der Waals surface area (Å²) in [5.41, 5.74) is 2.23. The highest BCUT2D eigenvalue weighted by Crippen LogP contribution is 2.37. The molecule has 0 bridgehead atoms. The van der Waals surface area contributed by atoms with Crippen molar-refractivity contribution < 1.29 is 18.7 Å². The molecule has 2 fully saturated rings. The van der Waals surface area contributed by atoms with Gasteiger partial charge in [-0.05, 0) is 50.2 Å². The van der Waals surface area contributed by atoms with E-state index < -0.39 is 5.82 Å². The fraction of sp³-hybridized carbons (Fsp3) is 0.345. The van der Waals surface area contributed by atoms with E-state index in [-0.39, 0.29) is 22.6 Å². The van der Waals surface area contributed by atoms with E-state index in [0.29, 0.717) is 46.9 Å². The van der Waals surface area contributed by atoms with Crippen molar-refractivity contribution in [2.45, 2.75) is 31.8 Å². The van der Waals surface area contributed by atoms with Crippen molar-refractivity contribution in [2.24, 2.45) is 0 Å². The molecule has 0 aliphatic carbocycles. The van der Waals surface area contributed by atoms with Crippen molar-refractivity contribution in [3.63, 3.8) is 0 Å². The highest BCUT2D eigenvalue weighted by atomic mass is 35.5. The molecule has 0 unspecified atom stereocenters. The van der Waals surface area contributed by atoms with Crippen LogP contribution in [-0.2, 0) is 9.53 Å². The van der Waals surface area contributed by atoms with Gasteiger partial charge in [0.05, 0.1) is 40.7 Å². The Labute approximate surface area is 231 Å². The molecule has 0 saturated carbocycles. The van der Waals surface area contributed by atoms with Crippen LogP contribution in [0.3, 0.4) is 0 Å². The van der Waals surface area contributed by atoms with Gasteiger partial charge in [0.25, 0.3) is 0 Å². The van der Waals surface area contributed by atoms with Crippen LogP contribution in [0.4, 0.5) is 21.5 Å². The average Bonchev–Trinajstić information content (AvgIpc) is 3.45. The Kier molecular flexibility index (Phi) is 8.57. The quantitative estimate of drug-likeness (QED) is 0.343. The van der Waals surface area contributed by atoms with E-state index in [4.69, 9.17) is 21.1 Å². The number of carbonyl (C=O) groups excluding carboxylic acids is 1. The zero-order valence-corrected chi connectivity index (χ0v) is 22.1. The van der Waals surface area contributed by atoms with Gasteiger partial charge in [0, 0.05) is 42.4 Å². The molecule has 0 radical (unpaired) electrons. The maximum absolute atomic E-state index is 13.7. The second-order valence-corrected chi connectivity index (χ2v) is 10.0. The van der Waals surface area contributed by atoms with Gasteiger partial charge in [0.2, 0.25) is 5.91 Å². The number of benzene rings is 2. The summed E-state index contributed by atoms with van der Waals surface area (Å²) in [7, 11) is 0. The molecule has 2 saturated heterocycles. The average molecular weight is 550 g/mol. The van der Waals surface area contributed by atoms with E-state index in [1.807, 2.05) is 6.08 Å². The lowest BCUT2D eigenvalue weighted by molar-refractivity contribution is -0.111. The summed E-state index contributed by atoms with van der Waals surface area (Å²) in [6.45, 7) is 3.87. The molecule has 202 valence electrons. The maximum Gasteiger partial charge on any atom is 0.248 e. The van der Waals surface area contributed by atoms with Crippen LogP contribution in [0.25, 0.3) is 10.9 Å². The number of hydrogen-bond acceptors (Lipinski definition) is 7. The Balaban J connectivity index is 1.47. The number of nitrogens with one attached hydrogen (secondary N) is 2. The Morgan fingerprint density at radius 3 is 2.87 bits per heavy atom. The molecule has 8 nitrogen and oxygen atoms in total. The first-order valence-electron chi connectivity index (χ1n) is 13.0. The Morgan fingerprint density at radius 2 is 2.13 bits per heavy atom. The largest absolute Gasteiger partial charge is 0.486 e. The van der Waals surface area contributed by atoms with Gasteiger partial charge in [-0.25, -0.2) is 4.39 Å². The van der Waals surface area contributed by atoms with Crippen molar-refractivity contribution in [1.82, 2.24) is 9.88 Å². The number of carbonyl (C=O) groups is 1. The standard InChI is InChI=1S/C29H29ClFN5O3/c30-23-13-20(6-7-24(23)31)34-29-19(16-32)17-33-25-15-27(39-21-8-12-38-18-21)26(14-22(25)29)35-28(37)5-4-11-36-9-2-1-3-10-36/h4-7,13-15,17,21H,1-3,8-12,18H2,(H,33,34)(H,35,37)/t21-/m0/s1. The number of pyridine rings is 1. The Bertz CT molecular complexity index is 1430. The second-order valence-electron chi connectivity index (χ2n) is 9.63. The number of halogens is 2. The van der Waals surface area contributed by atoms with E-state index in [2.05, 4.69) is 26.6 Å². The molecule has 5 rings (SSSR count). The number of anilines is 3. The lowest BCUT2D eigenvalue weighted by Gasteiger charge is -2.24. The van der Waals surface area contributed by atoms with Crippen molar-refractivity contribution in [2.75, 3.05) is 43.5 Å². The van der Waals surface area contributed by atoms with Crippen LogP contribution in [0.2, 0.25) is 5.02 Å². The van der Waals surface area contributed by atoms with E-state index in [1.54, 1.807) is 12.1 Å². The molecule has 2 N–H and O–H groups in total. The van der Waals surface area contributed by atoms with Crippen LogP contribution in [0.5, 0.6) is 5.75 Å². The number of hydrogen-bond donors (Lipinski definition) is 2. The molecule has 1 atom stereocenters. The molecule has 0 spiro atoms. The third-order valence-electron chi connectivity index (χ3n) is 6.80. The third kappa shape index (κ3) is 6.66. The van der Waals surface area contributed by atoms with Crippen LogP contribution < -0.4 is 15.4 Å². The lowest BCUT2D eigenvalue weighted by atomic mass is 10.1. The first-order valence-corrected chi connectivity index (χ1v) is 13.4. The van der Waals surface area contributed by atoms with Crippen molar-refractivity contribution in [3.05, 3.63) is 65.1 Å². The van der Waals surface area contributed by atoms with E-state index in [1.165, 1.54) is 49.7 Å². The Morgan fingerprint density at radius 1 is 1.28 bits per heavy atom. The van der Waals surface area contributed by atoms with Crippen LogP contribution in [0.1, 0.15) is 31.2 Å². The molecule has 2 aromatic carbocycles. The molecule has 1 amide bonds. The van der Waals surface area contributed by atoms with E-state index in [0.717, 1.165) is 26.1 Å². The molecule has 2 aliphatic rings. The molecular weight excluding hydrogens is 521 g/mol. The number of nitriles is 1. The predicted molar refractivity (Wildman–Crippen MR) is 149 cm³/mol.